The maximum absolute atomic E-state index is 6.81. The van der Waals surface area contributed by atoms with Crippen LogP contribution >= 0.6 is 11.3 Å². The first-order valence-electron chi connectivity index (χ1n) is 21.2. The molecule has 0 radical (unpaired) electrons. The van der Waals surface area contributed by atoms with Crippen molar-refractivity contribution in [3.05, 3.63) is 205 Å². The molecule has 0 saturated heterocycles. The second kappa shape index (κ2) is 13.4. The van der Waals surface area contributed by atoms with E-state index in [1.165, 1.54) is 80.2 Å². The summed E-state index contributed by atoms with van der Waals surface area (Å²) in [7, 11) is 0. The molecule has 3 nitrogen and oxygen atoms in total. The predicted octanol–water partition coefficient (Wildman–Crippen LogP) is 16.0. The fourth-order valence-electron chi connectivity index (χ4n) is 10.2. The van der Waals surface area contributed by atoms with Gasteiger partial charge in [0.1, 0.15) is 11.2 Å². The van der Waals surface area contributed by atoms with E-state index in [-0.39, 0.29) is 12.0 Å². The molecule has 4 heteroatoms. The van der Waals surface area contributed by atoms with E-state index in [9.17, 15) is 0 Å². The van der Waals surface area contributed by atoms with E-state index in [0.717, 1.165) is 38.9 Å². The number of nitrogens with zero attached hydrogens (tertiary/aromatic N) is 2. The summed E-state index contributed by atoms with van der Waals surface area (Å²) in [6.45, 7) is 2.37. The van der Waals surface area contributed by atoms with Gasteiger partial charge in [0.2, 0.25) is 0 Å². The van der Waals surface area contributed by atoms with Gasteiger partial charge in [-0.05, 0) is 86.8 Å². The zero-order valence-corrected chi connectivity index (χ0v) is 34.3. The van der Waals surface area contributed by atoms with Gasteiger partial charge in [0.05, 0.1) is 22.8 Å². The number of hydrogen-bond donors (Lipinski definition) is 0. The van der Waals surface area contributed by atoms with Crippen LogP contribution in [0.2, 0.25) is 0 Å². The van der Waals surface area contributed by atoms with Gasteiger partial charge in [-0.1, -0.05) is 140 Å². The van der Waals surface area contributed by atoms with Crippen LogP contribution in [0.4, 0.5) is 0 Å². The van der Waals surface area contributed by atoms with Gasteiger partial charge >= 0.3 is 0 Å². The Balaban J connectivity index is 1.08. The molecule has 288 valence electrons. The van der Waals surface area contributed by atoms with E-state index in [4.69, 9.17) is 9.41 Å². The van der Waals surface area contributed by atoms with Crippen molar-refractivity contribution in [3.63, 3.8) is 0 Å². The Morgan fingerprint density at radius 2 is 1.25 bits per heavy atom. The first kappa shape index (κ1) is 34.6. The molecule has 0 saturated carbocycles. The summed E-state index contributed by atoms with van der Waals surface area (Å²) in [5, 5.41) is 12.3. The summed E-state index contributed by atoms with van der Waals surface area (Å²) < 4.78 is 11.8. The number of benzene rings is 9. The lowest BCUT2D eigenvalue weighted by Crippen LogP contribution is -2.11. The van der Waals surface area contributed by atoms with Crippen LogP contribution in [0.15, 0.2) is 197 Å². The zero-order valence-electron chi connectivity index (χ0n) is 33.5. The number of aliphatic imine (C=N–C) groups is 1. The summed E-state index contributed by atoms with van der Waals surface area (Å²) in [6, 6.07) is 66.5. The molecule has 4 heterocycles. The molecule has 12 aromatic rings. The van der Waals surface area contributed by atoms with E-state index in [1.54, 1.807) is 0 Å². The monoisotopic (exact) mass is 798 g/mol. The summed E-state index contributed by atoms with van der Waals surface area (Å²) in [6.07, 6.45) is 3.14. The Kier molecular flexibility index (Phi) is 7.58. The van der Waals surface area contributed by atoms with E-state index in [0.29, 0.717) is 6.42 Å². The third-order valence-corrected chi connectivity index (χ3v) is 14.3. The molecule has 13 rings (SSSR count). The highest BCUT2D eigenvalue weighted by Gasteiger charge is 2.29. The number of furan rings is 1. The molecular weight excluding hydrogens is 761 g/mol. The average molecular weight is 799 g/mol. The van der Waals surface area contributed by atoms with Crippen molar-refractivity contribution < 1.29 is 4.42 Å². The number of hydrogen-bond acceptors (Lipinski definition) is 3. The molecule has 0 spiro atoms. The minimum absolute atomic E-state index is 0.107. The summed E-state index contributed by atoms with van der Waals surface area (Å²) in [4.78, 5) is 5.94. The highest BCUT2D eigenvalue weighted by Crippen LogP contribution is 2.45. The molecule has 3 aromatic heterocycles. The van der Waals surface area contributed by atoms with Crippen LogP contribution in [0.5, 0.6) is 0 Å². The van der Waals surface area contributed by atoms with E-state index in [1.807, 2.05) is 11.3 Å². The van der Waals surface area contributed by atoms with Crippen molar-refractivity contribution in [2.75, 3.05) is 0 Å². The lowest BCUT2D eigenvalue weighted by molar-refractivity contribution is 0.588. The largest absolute Gasteiger partial charge is 0.456 e. The Bertz CT molecular complexity index is 3840. The SMILES string of the molecule is C[C@H]1C(c2ccc3ccccc3c2)=CCC(c2cc(-n3c4ccccc4c4cc5ccccc5cc43)cc3oc4ccccc4c23)=NC1c1ccc2c(c1)sc1ccccc12. The van der Waals surface area contributed by atoms with Crippen molar-refractivity contribution in [2.45, 2.75) is 19.4 Å². The lowest BCUT2D eigenvalue weighted by Gasteiger charge is -2.24. The van der Waals surface area contributed by atoms with Crippen LogP contribution in [0.1, 0.15) is 36.1 Å². The number of aromatic nitrogens is 1. The standard InChI is InChI=1S/C57H38N2OS/c1-34-42(39-23-22-35-12-2-3-13-36(35)28-39)26-27-49(58-57(34)40-24-25-45-44-17-8-11-21-54(44)61-55(45)31-40)48-32-41(33-53-56(48)46-18-7-10-20-52(46)60-53)59-50-19-9-6-16-43(50)47-29-37-14-4-5-15-38(37)30-51(47)59/h2-26,28-34,57H,27H2,1H3/t34-,57?/m0/s1. The van der Waals surface area contributed by atoms with Crippen molar-refractivity contribution in [1.29, 1.82) is 0 Å². The molecule has 9 aromatic carbocycles. The molecule has 1 aliphatic rings. The molecule has 0 aliphatic carbocycles. The van der Waals surface area contributed by atoms with Crippen LogP contribution in [-0.4, -0.2) is 10.3 Å². The lowest BCUT2D eigenvalue weighted by atomic mass is 9.84. The van der Waals surface area contributed by atoms with Crippen molar-refractivity contribution in [2.24, 2.45) is 10.9 Å². The molecule has 0 fully saturated rings. The number of allylic oxidation sites excluding steroid dienone is 1. The van der Waals surface area contributed by atoms with Crippen LogP contribution in [-0.2, 0) is 0 Å². The second-order valence-corrected chi connectivity index (χ2v) is 17.7. The van der Waals surface area contributed by atoms with Crippen molar-refractivity contribution in [1.82, 2.24) is 4.57 Å². The van der Waals surface area contributed by atoms with Gasteiger partial charge in [0.25, 0.3) is 0 Å². The van der Waals surface area contributed by atoms with Gasteiger partial charge in [-0.3, -0.25) is 4.99 Å². The first-order chi connectivity index (χ1) is 30.1. The van der Waals surface area contributed by atoms with Crippen molar-refractivity contribution >= 4 is 108 Å². The smallest absolute Gasteiger partial charge is 0.138 e. The van der Waals surface area contributed by atoms with Gasteiger partial charge in [-0.15, -0.1) is 11.3 Å². The van der Waals surface area contributed by atoms with Crippen LogP contribution in [0.3, 0.4) is 0 Å². The zero-order chi connectivity index (χ0) is 40.2. The van der Waals surface area contributed by atoms with Crippen LogP contribution < -0.4 is 0 Å². The molecule has 2 atom stereocenters. The summed E-state index contributed by atoms with van der Waals surface area (Å²) >= 11 is 1.87. The van der Waals surface area contributed by atoms with Crippen molar-refractivity contribution in [3.8, 4) is 5.69 Å². The fraction of sp³-hybridized carbons (Fsp3) is 0.0702. The van der Waals surface area contributed by atoms with Gasteiger partial charge in [0, 0.05) is 71.4 Å². The quantitative estimate of drug-likeness (QED) is 0.174. The van der Waals surface area contributed by atoms with E-state index in [2.05, 4.69) is 200 Å². The Morgan fingerprint density at radius 3 is 2.11 bits per heavy atom. The maximum Gasteiger partial charge on any atom is 0.138 e. The number of thiophene rings is 1. The minimum Gasteiger partial charge on any atom is -0.456 e. The fourth-order valence-corrected chi connectivity index (χ4v) is 11.4. The van der Waals surface area contributed by atoms with Gasteiger partial charge in [-0.2, -0.15) is 0 Å². The summed E-state index contributed by atoms with van der Waals surface area (Å²) in [5.74, 6) is 0.107. The Hall–Kier alpha value is -7.27. The minimum atomic E-state index is -0.124. The second-order valence-electron chi connectivity index (χ2n) is 16.6. The Labute approximate surface area is 356 Å². The maximum atomic E-state index is 6.81. The number of fused-ring (bicyclic) bond motifs is 11. The molecular formula is C57H38N2OS. The summed E-state index contributed by atoms with van der Waals surface area (Å²) in [5.41, 5.74) is 11.1. The van der Waals surface area contributed by atoms with Gasteiger partial charge in [-0.25, -0.2) is 0 Å². The molecule has 1 unspecified atom stereocenters. The molecule has 1 aliphatic heterocycles. The average Bonchev–Trinajstić information content (AvgIpc) is 3.93. The molecule has 0 amide bonds. The van der Waals surface area contributed by atoms with Gasteiger partial charge in [0.15, 0.2) is 0 Å². The predicted molar refractivity (Wildman–Crippen MR) is 260 cm³/mol. The molecule has 0 N–H and O–H groups in total. The molecule has 0 bridgehead atoms. The third-order valence-electron chi connectivity index (χ3n) is 13.2. The first-order valence-corrected chi connectivity index (χ1v) is 22.0. The Morgan fingerprint density at radius 1 is 0.541 bits per heavy atom. The van der Waals surface area contributed by atoms with E-state index >= 15 is 0 Å². The van der Waals surface area contributed by atoms with Gasteiger partial charge < -0.3 is 8.98 Å². The number of rotatable bonds is 4. The van der Waals surface area contributed by atoms with Crippen LogP contribution in [0.25, 0.3) is 96.7 Å². The highest BCUT2D eigenvalue weighted by atomic mass is 32.1. The van der Waals surface area contributed by atoms with E-state index < -0.39 is 0 Å². The number of para-hydroxylation sites is 2. The highest BCUT2D eigenvalue weighted by molar-refractivity contribution is 7.25. The third kappa shape index (κ3) is 5.39. The normalized spacial score (nSPS) is 16.1. The molecule has 61 heavy (non-hydrogen) atoms. The topological polar surface area (TPSA) is 30.4 Å². The van der Waals surface area contributed by atoms with Crippen LogP contribution in [0, 0.1) is 5.92 Å².